The summed E-state index contributed by atoms with van der Waals surface area (Å²) in [5.41, 5.74) is 7.38. The molecule has 31 heavy (non-hydrogen) atoms. The lowest BCUT2D eigenvalue weighted by Gasteiger charge is -2.15. The van der Waals surface area contributed by atoms with Crippen molar-refractivity contribution < 1.29 is 9.00 Å². The first kappa shape index (κ1) is 21.0. The summed E-state index contributed by atoms with van der Waals surface area (Å²) >= 11 is 0. The van der Waals surface area contributed by atoms with Gasteiger partial charge in [0, 0.05) is 24.4 Å². The first-order valence-electron chi connectivity index (χ1n) is 10.2. The first-order valence-corrected chi connectivity index (χ1v) is 11.9. The van der Waals surface area contributed by atoms with Crippen LogP contribution in [0.2, 0.25) is 0 Å². The third-order valence-corrected chi connectivity index (χ3v) is 7.11. The normalized spacial score (nSPS) is 16.0. The molecule has 0 radical (unpaired) electrons. The molecule has 10 nitrogen and oxygen atoms in total. The van der Waals surface area contributed by atoms with Crippen molar-refractivity contribution in [3.63, 3.8) is 0 Å². The Kier molecular flexibility index (Phi) is 5.52. The number of nitrogens with zero attached hydrogens (tertiary/aromatic N) is 4. The fourth-order valence-corrected chi connectivity index (χ4v) is 4.98. The molecule has 3 aromatic rings. The number of anilines is 1. The van der Waals surface area contributed by atoms with Crippen LogP contribution in [0.3, 0.4) is 0 Å². The number of amides is 1. The second-order valence-electron chi connectivity index (χ2n) is 7.68. The summed E-state index contributed by atoms with van der Waals surface area (Å²) in [7, 11) is -3.20. The van der Waals surface area contributed by atoms with Gasteiger partial charge in [0.25, 0.3) is 5.91 Å². The fourth-order valence-electron chi connectivity index (χ4n) is 3.74. The maximum atomic E-state index is 12.6. The number of benzene rings is 1. The molecule has 1 unspecified atom stereocenters. The van der Waals surface area contributed by atoms with E-state index >= 15 is 0 Å². The van der Waals surface area contributed by atoms with Crippen LogP contribution in [0.5, 0.6) is 0 Å². The number of aromatic nitrogens is 4. The summed E-state index contributed by atoms with van der Waals surface area (Å²) in [6.45, 7) is 3.57. The van der Waals surface area contributed by atoms with Gasteiger partial charge in [0.05, 0.1) is 6.54 Å². The van der Waals surface area contributed by atoms with E-state index in [1.165, 1.54) is 4.57 Å². The molecule has 2 aromatic heterocycles. The Morgan fingerprint density at radius 2 is 1.90 bits per heavy atom. The van der Waals surface area contributed by atoms with Crippen molar-refractivity contribution in [2.45, 2.75) is 37.9 Å². The molecule has 1 fully saturated rings. The van der Waals surface area contributed by atoms with E-state index in [4.69, 9.17) is 10.5 Å². The predicted molar refractivity (Wildman–Crippen MR) is 118 cm³/mol. The highest BCUT2D eigenvalue weighted by Crippen LogP contribution is 2.19. The molecule has 0 aliphatic carbocycles. The number of rotatable bonds is 6. The van der Waals surface area contributed by atoms with E-state index in [1.807, 2.05) is 11.8 Å². The van der Waals surface area contributed by atoms with Crippen LogP contribution in [0.4, 0.5) is 5.82 Å². The summed E-state index contributed by atoms with van der Waals surface area (Å²) in [5, 5.41) is -0.168. The van der Waals surface area contributed by atoms with Crippen molar-refractivity contribution in [1.29, 1.82) is 4.78 Å². The van der Waals surface area contributed by atoms with Crippen molar-refractivity contribution in [3.05, 3.63) is 45.9 Å². The molecule has 0 saturated carbocycles. The average molecular weight is 444 g/mol. The number of H-pyrrole nitrogens is 1. The van der Waals surface area contributed by atoms with Gasteiger partial charge in [-0.05, 0) is 37.0 Å². The zero-order valence-electron chi connectivity index (χ0n) is 17.3. The second-order valence-corrected chi connectivity index (χ2v) is 9.81. The van der Waals surface area contributed by atoms with Crippen LogP contribution in [0, 0.1) is 4.78 Å². The van der Waals surface area contributed by atoms with Crippen molar-refractivity contribution in [2.24, 2.45) is 0 Å². The smallest absolute Gasteiger partial charge is 0.328 e. The number of imidazole rings is 1. The zero-order chi connectivity index (χ0) is 22.2. The lowest BCUT2D eigenvalue weighted by molar-refractivity contribution is 0.0793. The molecule has 1 aromatic carbocycles. The predicted octanol–water partition coefficient (Wildman–Crippen LogP) is 1.80. The Labute approximate surface area is 179 Å². The molecule has 11 heteroatoms. The third kappa shape index (κ3) is 4.05. The van der Waals surface area contributed by atoms with Gasteiger partial charge in [0.2, 0.25) is 5.16 Å². The van der Waals surface area contributed by atoms with Crippen LogP contribution in [0.15, 0.2) is 34.2 Å². The zero-order valence-corrected chi connectivity index (χ0v) is 18.1. The van der Waals surface area contributed by atoms with Gasteiger partial charge in [-0.3, -0.25) is 9.36 Å². The number of nitrogens with two attached hydrogens (primary N) is 1. The number of likely N-dealkylation sites (tertiary alicyclic amines) is 1. The average Bonchev–Trinajstić information content (AvgIpc) is 3.37. The van der Waals surface area contributed by atoms with Crippen molar-refractivity contribution in [2.75, 3.05) is 24.6 Å². The van der Waals surface area contributed by atoms with Gasteiger partial charge in [-0.15, -0.1) is 0 Å². The topological polar surface area (TPSA) is 151 Å². The highest BCUT2D eigenvalue weighted by atomic mass is 32.2. The largest absolute Gasteiger partial charge is 0.382 e. The van der Waals surface area contributed by atoms with E-state index in [0.29, 0.717) is 12.0 Å². The molecular weight excluding hydrogens is 418 g/mol. The van der Waals surface area contributed by atoms with Crippen LogP contribution >= 0.6 is 0 Å². The minimum absolute atomic E-state index is 0.0135. The Balaban J connectivity index is 1.66. The maximum absolute atomic E-state index is 12.6. The minimum atomic E-state index is -3.20. The third-order valence-electron chi connectivity index (χ3n) is 5.35. The monoisotopic (exact) mass is 443 g/mol. The van der Waals surface area contributed by atoms with Crippen molar-refractivity contribution >= 4 is 32.6 Å². The number of aromatic amines is 1. The van der Waals surface area contributed by atoms with E-state index in [2.05, 4.69) is 15.0 Å². The molecule has 1 aliphatic heterocycles. The van der Waals surface area contributed by atoms with Crippen LogP contribution in [-0.2, 0) is 16.3 Å². The Morgan fingerprint density at radius 3 is 2.55 bits per heavy atom. The number of nitrogen functional groups attached to an aromatic ring is 1. The van der Waals surface area contributed by atoms with Crippen LogP contribution in [0.1, 0.15) is 42.1 Å². The molecular formula is C20H25N7O3S. The summed E-state index contributed by atoms with van der Waals surface area (Å²) in [6, 6.07) is 7.10. The lowest BCUT2D eigenvalue weighted by atomic mass is 10.1. The van der Waals surface area contributed by atoms with E-state index < -0.39 is 15.4 Å². The van der Waals surface area contributed by atoms with Gasteiger partial charge in [-0.25, -0.2) is 18.8 Å². The summed E-state index contributed by atoms with van der Waals surface area (Å²) in [5.74, 6) is 0.108. The van der Waals surface area contributed by atoms with Gasteiger partial charge in [0.15, 0.2) is 11.5 Å². The molecule has 1 saturated heterocycles. The number of carbonyl (C=O) groups is 1. The quantitative estimate of drug-likeness (QED) is 0.494. The highest BCUT2D eigenvalue weighted by Gasteiger charge is 2.21. The standard InChI is InChI=1S/C20H25N7O3S/c1-2-11-31(22,30)19-24-16(21)15-17(25-19)27(20(29)23-15)12-13-5-7-14(8-6-13)18(28)26-9-3-4-10-26/h5-8,22H,2-4,9-12H2,1H3,(H,23,29)(H2,21,24,25). The van der Waals surface area contributed by atoms with Crippen LogP contribution < -0.4 is 11.4 Å². The Bertz CT molecular complexity index is 1290. The lowest BCUT2D eigenvalue weighted by Crippen LogP contribution is -2.27. The Morgan fingerprint density at radius 1 is 1.23 bits per heavy atom. The molecule has 4 N–H and O–H groups in total. The van der Waals surface area contributed by atoms with Crippen molar-refractivity contribution in [1.82, 2.24) is 24.4 Å². The van der Waals surface area contributed by atoms with E-state index in [-0.39, 0.29) is 40.3 Å². The Hall–Kier alpha value is -3.21. The van der Waals surface area contributed by atoms with Gasteiger partial charge in [-0.2, -0.15) is 4.98 Å². The van der Waals surface area contributed by atoms with Crippen LogP contribution in [-0.4, -0.2) is 53.4 Å². The molecule has 1 aliphatic rings. The summed E-state index contributed by atoms with van der Waals surface area (Å²) < 4.78 is 22.1. The second kappa shape index (κ2) is 8.14. The number of fused-ring (bicyclic) bond motifs is 1. The molecule has 4 rings (SSSR count). The molecule has 1 atom stereocenters. The van der Waals surface area contributed by atoms with E-state index in [9.17, 15) is 13.8 Å². The van der Waals surface area contributed by atoms with Gasteiger partial charge in [-0.1, -0.05) is 19.1 Å². The van der Waals surface area contributed by atoms with Crippen molar-refractivity contribution in [3.8, 4) is 0 Å². The molecule has 164 valence electrons. The summed E-state index contributed by atoms with van der Waals surface area (Å²) in [6.07, 6.45) is 2.60. The van der Waals surface area contributed by atoms with Gasteiger partial charge < -0.3 is 15.6 Å². The number of hydrogen-bond donors (Lipinski definition) is 3. The van der Waals surface area contributed by atoms with E-state index in [0.717, 1.165) is 31.5 Å². The van der Waals surface area contributed by atoms with Crippen LogP contribution in [0.25, 0.3) is 11.2 Å². The number of nitrogens with one attached hydrogen (secondary N) is 2. The van der Waals surface area contributed by atoms with E-state index in [1.54, 1.807) is 24.3 Å². The molecule has 1 amide bonds. The molecule has 0 bridgehead atoms. The molecule has 3 heterocycles. The fraction of sp³-hybridized carbons (Fsp3) is 0.400. The first-order chi connectivity index (χ1) is 14.8. The highest BCUT2D eigenvalue weighted by molar-refractivity contribution is 7.92. The SMILES string of the molecule is CCCS(=N)(=O)c1nc(N)c2[nH]c(=O)n(Cc3ccc(C(=O)N4CCCC4)cc3)c2n1. The number of carbonyl (C=O) groups excluding carboxylic acids is 1. The number of hydrogen-bond acceptors (Lipinski definition) is 7. The molecule has 0 spiro atoms. The van der Waals surface area contributed by atoms with Gasteiger partial charge >= 0.3 is 5.69 Å². The maximum Gasteiger partial charge on any atom is 0.328 e. The minimum Gasteiger partial charge on any atom is -0.382 e. The summed E-state index contributed by atoms with van der Waals surface area (Å²) in [4.78, 5) is 37.8. The van der Waals surface area contributed by atoms with Gasteiger partial charge in [0.1, 0.15) is 15.2 Å².